The van der Waals surface area contributed by atoms with Crippen molar-refractivity contribution in [2.24, 2.45) is 11.7 Å². The molecule has 0 aliphatic rings. The second-order valence-electron chi connectivity index (χ2n) is 15.9. The largest absolute Gasteiger partial charge is 0.481 e. The Labute approximate surface area is 386 Å². The molecule has 0 aromatic heterocycles. The van der Waals surface area contributed by atoms with Gasteiger partial charge in [0, 0.05) is 25.7 Å². The minimum absolute atomic E-state index is 0.0815. The first-order valence-electron chi connectivity index (χ1n) is 21.2. The lowest BCUT2D eigenvalue weighted by Crippen LogP contribution is -2.60. The van der Waals surface area contributed by atoms with Crippen molar-refractivity contribution < 1.29 is 63.3 Å². The molecule has 0 spiro atoms. The van der Waals surface area contributed by atoms with E-state index in [0.29, 0.717) is 23.3 Å². The summed E-state index contributed by atoms with van der Waals surface area (Å²) in [5.74, 6) is -10.2. The van der Waals surface area contributed by atoms with Crippen LogP contribution >= 0.6 is 11.8 Å². The van der Waals surface area contributed by atoms with E-state index in [1.165, 1.54) is 25.6 Å². The molecule has 0 heterocycles. The lowest BCUT2D eigenvalue weighted by molar-refractivity contribution is -0.142. The van der Waals surface area contributed by atoms with E-state index in [0.717, 1.165) is 0 Å². The number of nitrogens with one attached hydrogen (secondary N) is 7. The molecule has 0 aliphatic carbocycles. The Morgan fingerprint density at radius 3 is 1.33 bits per heavy atom. The number of carboxylic acid groups (broad SMARTS) is 3. The van der Waals surface area contributed by atoms with Crippen molar-refractivity contribution in [1.82, 2.24) is 37.2 Å². The van der Waals surface area contributed by atoms with Crippen LogP contribution in [0.2, 0.25) is 0 Å². The average molecular weight is 943 g/mol. The topological polar surface area (TPSA) is 342 Å². The third-order valence-corrected chi connectivity index (χ3v) is 10.7. The van der Waals surface area contributed by atoms with Gasteiger partial charge in [0.05, 0.1) is 6.04 Å². The van der Waals surface area contributed by atoms with Crippen molar-refractivity contribution in [3.05, 3.63) is 71.8 Å². The van der Waals surface area contributed by atoms with E-state index in [1.54, 1.807) is 74.5 Å². The number of benzene rings is 2. The average Bonchev–Trinajstić information content (AvgIpc) is 3.26. The zero-order valence-electron chi connectivity index (χ0n) is 37.5. The normalized spacial score (nSPS) is 14.6. The maximum absolute atomic E-state index is 14.0. The van der Waals surface area contributed by atoms with Gasteiger partial charge < -0.3 is 58.3 Å². The molecule has 0 fully saturated rings. The number of thioether (sulfide) groups is 1. The summed E-state index contributed by atoms with van der Waals surface area (Å²) in [4.78, 5) is 129. The van der Waals surface area contributed by atoms with E-state index in [2.05, 4.69) is 37.2 Å². The van der Waals surface area contributed by atoms with Crippen LogP contribution in [0, 0.1) is 5.92 Å². The predicted molar refractivity (Wildman–Crippen MR) is 242 cm³/mol. The fourth-order valence-electron chi connectivity index (χ4n) is 6.24. The van der Waals surface area contributed by atoms with Gasteiger partial charge in [0.1, 0.15) is 42.3 Å². The van der Waals surface area contributed by atoms with Crippen LogP contribution in [0.1, 0.15) is 70.9 Å². The van der Waals surface area contributed by atoms with Gasteiger partial charge in [0.2, 0.25) is 41.4 Å². The highest BCUT2D eigenvalue weighted by Gasteiger charge is 2.35. The lowest BCUT2D eigenvalue weighted by Gasteiger charge is -2.28. The van der Waals surface area contributed by atoms with Gasteiger partial charge in [-0.1, -0.05) is 74.5 Å². The minimum Gasteiger partial charge on any atom is -0.481 e. The van der Waals surface area contributed by atoms with E-state index in [4.69, 9.17) is 5.73 Å². The highest BCUT2D eigenvalue weighted by atomic mass is 32.2. The number of amides is 7. The van der Waals surface area contributed by atoms with Crippen molar-refractivity contribution >= 4 is 71.0 Å². The second-order valence-corrected chi connectivity index (χ2v) is 16.9. The third-order valence-electron chi connectivity index (χ3n) is 10.1. The van der Waals surface area contributed by atoms with Gasteiger partial charge >= 0.3 is 17.9 Å². The lowest BCUT2D eigenvalue weighted by atomic mass is 10.00. The molecular weight excluding hydrogens is 881 g/mol. The molecule has 21 nitrogen and oxygen atoms in total. The van der Waals surface area contributed by atoms with Crippen LogP contribution in [0.4, 0.5) is 0 Å². The molecule has 0 saturated heterocycles. The molecule has 2 aromatic rings. The fraction of sp³-hybridized carbons (Fsp3) is 0.500. The van der Waals surface area contributed by atoms with Crippen molar-refractivity contribution in [3.8, 4) is 0 Å². The highest BCUT2D eigenvalue weighted by molar-refractivity contribution is 7.98. The zero-order chi connectivity index (χ0) is 49.5. The maximum atomic E-state index is 14.0. The smallest absolute Gasteiger partial charge is 0.326 e. The fourth-order valence-corrected chi connectivity index (χ4v) is 6.73. The Morgan fingerprint density at radius 1 is 0.500 bits per heavy atom. The first kappa shape index (κ1) is 55.6. The van der Waals surface area contributed by atoms with E-state index >= 15 is 0 Å². The number of hydrogen-bond acceptors (Lipinski definition) is 12. The summed E-state index contributed by atoms with van der Waals surface area (Å²) in [6, 6.07) is 6.10. The standard InChI is InChI=1S/C44H62N8O13S/c1-24(2)36(43(63)51-33(44(64)65)23-28-14-10-7-11-15-28)52-41(61)31(17-19-35(55)56)48-40(60)30(16-18-34(53)54)49-42(62)32(22-27-12-8-6-9-13-27)50-38(58)26(4)46-37(57)25(3)47-39(59)29(45)20-21-66-5/h6-15,24-26,29-33,36H,16-23,45H2,1-5H3,(H,46,57)(H,47,59)(H,48,60)(H,49,62)(H,50,58)(H,51,63)(H,52,61)(H,53,54)(H,55,56)(H,64,65). The summed E-state index contributed by atoms with van der Waals surface area (Å²) >= 11 is 1.50. The number of rotatable bonds is 29. The summed E-state index contributed by atoms with van der Waals surface area (Å²) in [6.45, 7) is 5.85. The van der Waals surface area contributed by atoms with Crippen molar-refractivity contribution in [1.29, 1.82) is 0 Å². The van der Waals surface area contributed by atoms with E-state index < -0.39 is 139 Å². The number of carboxylic acids is 3. The summed E-state index contributed by atoms with van der Waals surface area (Å²) in [5.41, 5.74) is 7.06. The quantitative estimate of drug-likeness (QED) is 0.0488. The molecule has 12 N–H and O–H groups in total. The van der Waals surface area contributed by atoms with Crippen LogP contribution < -0.4 is 43.0 Å². The van der Waals surface area contributed by atoms with Crippen LogP contribution in [-0.4, -0.2) is 135 Å². The molecule has 0 saturated carbocycles. The molecule has 0 radical (unpaired) electrons. The summed E-state index contributed by atoms with van der Waals surface area (Å²) < 4.78 is 0. The van der Waals surface area contributed by atoms with Gasteiger partial charge in [-0.15, -0.1) is 0 Å². The van der Waals surface area contributed by atoms with Crippen LogP contribution in [0.5, 0.6) is 0 Å². The zero-order valence-corrected chi connectivity index (χ0v) is 38.4. The first-order valence-corrected chi connectivity index (χ1v) is 22.6. The van der Waals surface area contributed by atoms with Crippen molar-refractivity contribution in [3.63, 3.8) is 0 Å². The van der Waals surface area contributed by atoms with Crippen molar-refractivity contribution in [2.75, 3.05) is 12.0 Å². The molecule has 0 aliphatic heterocycles. The number of nitrogens with two attached hydrogens (primary N) is 1. The molecule has 2 aromatic carbocycles. The number of carbonyl (C=O) groups excluding carboxylic acids is 7. The monoisotopic (exact) mass is 942 g/mol. The number of hydrogen-bond donors (Lipinski definition) is 11. The number of aliphatic carboxylic acids is 3. The van der Waals surface area contributed by atoms with Gasteiger partial charge in [-0.3, -0.25) is 43.2 Å². The molecule has 22 heteroatoms. The van der Waals surface area contributed by atoms with Gasteiger partial charge in [0.15, 0.2) is 0 Å². The predicted octanol–water partition coefficient (Wildman–Crippen LogP) is -0.544. The molecule has 362 valence electrons. The first-order chi connectivity index (χ1) is 31.1. The molecular formula is C44H62N8O13S. The molecule has 2 rings (SSSR count). The second kappa shape index (κ2) is 28.4. The Hall–Kier alpha value is -6.55. The molecule has 8 atom stereocenters. The summed E-state index contributed by atoms with van der Waals surface area (Å²) in [7, 11) is 0. The van der Waals surface area contributed by atoms with Crippen LogP contribution in [0.15, 0.2) is 60.7 Å². The Kier molecular flexibility index (Phi) is 23.9. The van der Waals surface area contributed by atoms with Crippen LogP contribution in [0.3, 0.4) is 0 Å². The Morgan fingerprint density at radius 2 is 0.894 bits per heavy atom. The van der Waals surface area contributed by atoms with E-state index in [-0.39, 0.29) is 12.8 Å². The molecule has 8 unspecified atom stereocenters. The summed E-state index contributed by atoms with van der Waals surface area (Å²) in [5, 5.41) is 46.0. The van der Waals surface area contributed by atoms with E-state index in [9.17, 15) is 63.3 Å². The Bertz CT molecular complexity index is 1990. The van der Waals surface area contributed by atoms with E-state index in [1.807, 2.05) is 6.26 Å². The van der Waals surface area contributed by atoms with Crippen LogP contribution in [0.25, 0.3) is 0 Å². The summed E-state index contributed by atoms with van der Waals surface area (Å²) in [6.07, 6.45) is -0.373. The Balaban J connectivity index is 2.32. The molecule has 66 heavy (non-hydrogen) atoms. The van der Waals surface area contributed by atoms with Crippen LogP contribution in [-0.2, 0) is 60.8 Å². The van der Waals surface area contributed by atoms with Gasteiger partial charge in [-0.05, 0) is 62.2 Å². The van der Waals surface area contributed by atoms with Gasteiger partial charge in [0.25, 0.3) is 0 Å². The SMILES string of the molecule is CSCCC(N)C(=O)NC(C)C(=O)NC(C)C(=O)NC(Cc1ccccc1)C(=O)NC(CCC(=O)O)C(=O)NC(CCC(=O)O)C(=O)NC(C(=O)NC(Cc1ccccc1)C(=O)O)C(C)C. The van der Waals surface area contributed by atoms with Gasteiger partial charge in [-0.25, -0.2) is 4.79 Å². The highest BCUT2D eigenvalue weighted by Crippen LogP contribution is 2.11. The molecule has 7 amide bonds. The molecule has 0 bridgehead atoms. The van der Waals surface area contributed by atoms with Gasteiger partial charge in [-0.2, -0.15) is 11.8 Å². The minimum atomic E-state index is -1.67. The third kappa shape index (κ3) is 20.1. The van der Waals surface area contributed by atoms with Crippen molar-refractivity contribution in [2.45, 2.75) is 121 Å². The number of carbonyl (C=O) groups is 10. The maximum Gasteiger partial charge on any atom is 0.326 e.